The summed E-state index contributed by atoms with van der Waals surface area (Å²) in [4.78, 5) is 25.9. The van der Waals surface area contributed by atoms with E-state index in [9.17, 15) is 9.59 Å². The van der Waals surface area contributed by atoms with E-state index in [4.69, 9.17) is 0 Å². The predicted octanol–water partition coefficient (Wildman–Crippen LogP) is 3.40. The number of likely N-dealkylation sites (tertiary alicyclic amines) is 1. The summed E-state index contributed by atoms with van der Waals surface area (Å²) in [7, 11) is 0. The molecule has 0 aromatic heterocycles. The number of rotatable bonds is 2. The highest BCUT2D eigenvalue weighted by Crippen LogP contribution is 2.27. The van der Waals surface area contributed by atoms with Crippen molar-refractivity contribution in [2.24, 2.45) is 11.8 Å². The molecule has 1 aromatic rings. The first-order valence-corrected chi connectivity index (χ1v) is 7.30. The van der Waals surface area contributed by atoms with Crippen molar-refractivity contribution in [3.63, 3.8) is 0 Å². The summed E-state index contributed by atoms with van der Waals surface area (Å²) in [6, 6.07) is 5.57. The van der Waals surface area contributed by atoms with Crippen molar-refractivity contribution >= 4 is 27.7 Å². The predicted molar refractivity (Wildman–Crippen MR) is 77.9 cm³/mol. The lowest BCUT2D eigenvalue weighted by Crippen LogP contribution is -2.33. The molecule has 4 heteroatoms. The summed E-state index contributed by atoms with van der Waals surface area (Å²) in [6.45, 7) is 6.62. The van der Waals surface area contributed by atoms with Gasteiger partial charge in [0.2, 0.25) is 5.91 Å². The average molecular weight is 324 g/mol. The minimum Gasteiger partial charge on any atom is -0.278 e. The highest BCUT2D eigenvalue weighted by molar-refractivity contribution is 9.10. The lowest BCUT2D eigenvalue weighted by Gasteiger charge is -2.17. The van der Waals surface area contributed by atoms with Gasteiger partial charge in [0.05, 0.1) is 0 Å². The molecule has 1 aliphatic rings. The van der Waals surface area contributed by atoms with E-state index in [2.05, 4.69) is 29.8 Å². The Bertz CT molecular complexity index is 525. The molecule has 0 spiro atoms. The second kappa shape index (κ2) is 5.45. The molecule has 2 rings (SSSR count). The normalized spacial score (nSPS) is 19.3. The number of amides is 2. The fraction of sp³-hybridized carbons (Fsp3) is 0.467. The summed E-state index contributed by atoms with van der Waals surface area (Å²) in [6.07, 6.45) is 0.483. The van der Waals surface area contributed by atoms with Crippen molar-refractivity contribution in [1.82, 2.24) is 4.90 Å². The topological polar surface area (TPSA) is 37.4 Å². The number of nitrogens with zero attached hydrogens (tertiary/aromatic N) is 1. The fourth-order valence-corrected chi connectivity index (χ4v) is 2.71. The smallest absolute Gasteiger partial charge is 0.260 e. The molecule has 102 valence electrons. The number of halogens is 1. The van der Waals surface area contributed by atoms with E-state index in [1.807, 2.05) is 19.1 Å². The largest absolute Gasteiger partial charge is 0.278 e. The molecule has 19 heavy (non-hydrogen) atoms. The standard InChI is InChI=1S/C15H18BrNO2/c1-9(2)11-6-14(18)17(8-11)15(19)13-7-12(16)5-4-10(13)3/h4-5,7,9,11H,6,8H2,1-3H3. The van der Waals surface area contributed by atoms with E-state index in [1.165, 1.54) is 4.90 Å². The zero-order chi connectivity index (χ0) is 14.2. The molecule has 1 fully saturated rings. The number of carbonyl (C=O) groups is 2. The molecule has 1 saturated heterocycles. The number of hydrogen-bond acceptors (Lipinski definition) is 2. The van der Waals surface area contributed by atoms with E-state index in [0.717, 1.165) is 10.0 Å². The third-order valence-corrected chi connectivity index (χ3v) is 4.27. The number of carbonyl (C=O) groups excluding carboxylic acids is 2. The van der Waals surface area contributed by atoms with Crippen molar-refractivity contribution in [3.05, 3.63) is 33.8 Å². The first-order valence-electron chi connectivity index (χ1n) is 6.51. The van der Waals surface area contributed by atoms with Crippen LogP contribution in [0.3, 0.4) is 0 Å². The number of hydrogen-bond donors (Lipinski definition) is 0. The van der Waals surface area contributed by atoms with Crippen molar-refractivity contribution in [1.29, 1.82) is 0 Å². The van der Waals surface area contributed by atoms with Gasteiger partial charge in [0.15, 0.2) is 0 Å². The van der Waals surface area contributed by atoms with Crippen LogP contribution >= 0.6 is 15.9 Å². The van der Waals surface area contributed by atoms with Crippen LogP contribution in [0.4, 0.5) is 0 Å². The van der Waals surface area contributed by atoms with Crippen LogP contribution in [0.5, 0.6) is 0 Å². The summed E-state index contributed by atoms with van der Waals surface area (Å²) in [5, 5.41) is 0. The quantitative estimate of drug-likeness (QED) is 0.782. The van der Waals surface area contributed by atoms with Crippen molar-refractivity contribution in [3.8, 4) is 0 Å². The molecule has 0 aliphatic carbocycles. The molecular formula is C15H18BrNO2. The first kappa shape index (κ1) is 14.3. The number of benzene rings is 1. The van der Waals surface area contributed by atoms with E-state index < -0.39 is 0 Å². The van der Waals surface area contributed by atoms with Gasteiger partial charge < -0.3 is 0 Å². The lowest BCUT2D eigenvalue weighted by atomic mass is 9.95. The second-order valence-electron chi connectivity index (χ2n) is 5.48. The minimum atomic E-state index is -0.174. The Hall–Kier alpha value is -1.16. The molecule has 1 aromatic carbocycles. The van der Waals surface area contributed by atoms with Gasteiger partial charge in [0, 0.05) is 23.0 Å². The van der Waals surface area contributed by atoms with Gasteiger partial charge in [-0.3, -0.25) is 14.5 Å². The maximum atomic E-state index is 12.5. The summed E-state index contributed by atoms with van der Waals surface area (Å²) >= 11 is 3.37. The van der Waals surface area contributed by atoms with Crippen LogP contribution in [0, 0.1) is 18.8 Å². The zero-order valence-corrected chi connectivity index (χ0v) is 13.0. The molecule has 0 saturated carbocycles. The van der Waals surface area contributed by atoms with Gasteiger partial charge >= 0.3 is 0 Å². The van der Waals surface area contributed by atoms with Gasteiger partial charge in [-0.05, 0) is 36.5 Å². The second-order valence-corrected chi connectivity index (χ2v) is 6.39. The van der Waals surface area contributed by atoms with Crippen molar-refractivity contribution in [2.75, 3.05) is 6.54 Å². The molecule has 1 aliphatic heterocycles. The summed E-state index contributed by atoms with van der Waals surface area (Å²) in [5.74, 6) is 0.476. The fourth-order valence-electron chi connectivity index (χ4n) is 2.35. The van der Waals surface area contributed by atoms with Gasteiger partial charge in [-0.2, -0.15) is 0 Å². The molecule has 2 amide bonds. The number of imide groups is 1. The molecular weight excluding hydrogens is 306 g/mol. The van der Waals surface area contributed by atoms with Gasteiger partial charge in [0.25, 0.3) is 5.91 Å². The lowest BCUT2D eigenvalue weighted by molar-refractivity contribution is -0.125. The molecule has 0 radical (unpaired) electrons. The first-order chi connectivity index (χ1) is 8.90. The molecule has 1 unspecified atom stereocenters. The van der Waals surface area contributed by atoms with Crippen molar-refractivity contribution in [2.45, 2.75) is 27.2 Å². The average Bonchev–Trinajstić information content (AvgIpc) is 2.74. The van der Waals surface area contributed by atoms with E-state index in [0.29, 0.717) is 24.4 Å². The van der Waals surface area contributed by atoms with E-state index in [1.54, 1.807) is 6.07 Å². The molecule has 1 atom stereocenters. The Morgan fingerprint density at radius 3 is 2.68 bits per heavy atom. The van der Waals surface area contributed by atoms with Crippen LogP contribution in [-0.4, -0.2) is 23.3 Å². The van der Waals surface area contributed by atoms with Crippen LogP contribution in [0.25, 0.3) is 0 Å². The van der Waals surface area contributed by atoms with Gasteiger partial charge in [-0.1, -0.05) is 35.8 Å². The van der Waals surface area contributed by atoms with Crippen LogP contribution < -0.4 is 0 Å². The van der Waals surface area contributed by atoms with Crippen LogP contribution in [0.15, 0.2) is 22.7 Å². The monoisotopic (exact) mass is 323 g/mol. The minimum absolute atomic E-state index is 0.0527. The van der Waals surface area contributed by atoms with E-state index >= 15 is 0 Å². The third kappa shape index (κ3) is 2.89. The van der Waals surface area contributed by atoms with E-state index in [-0.39, 0.29) is 17.7 Å². The number of aryl methyl sites for hydroxylation is 1. The van der Waals surface area contributed by atoms with Gasteiger partial charge in [0.1, 0.15) is 0 Å². The van der Waals surface area contributed by atoms with Crippen molar-refractivity contribution < 1.29 is 9.59 Å². The SMILES string of the molecule is Cc1ccc(Br)cc1C(=O)N1CC(C(C)C)CC1=O. The van der Waals surface area contributed by atoms with Crippen LogP contribution in [-0.2, 0) is 4.79 Å². The molecule has 0 bridgehead atoms. The Kier molecular flexibility index (Phi) is 4.09. The maximum absolute atomic E-state index is 12.5. The van der Waals surface area contributed by atoms with Crippen LogP contribution in [0.2, 0.25) is 0 Å². The van der Waals surface area contributed by atoms with Gasteiger partial charge in [-0.15, -0.1) is 0 Å². The maximum Gasteiger partial charge on any atom is 0.260 e. The Labute approximate surface area is 122 Å². The molecule has 0 N–H and O–H groups in total. The van der Waals surface area contributed by atoms with Gasteiger partial charge in [-0.25, -0.2) is 0 Å². The highest BCUT2D eigenvalue weighted by atomic mass is 79.9. The summed E-state index contributed by atoms with van der Waals surface area (Å²) in [5.41, 5.74) is 1.50. The molecule has 3 nitrogen and oxygen atoms in total. The highest BCUT2D eigenvalue weighted by Gasteiger charge is 2.35. The zero-order valence-electron chi connectivity index (χ0n) is 11.4. The summed E-state index contributed by atoms with van der Waals surface area (Å²) < 4.78 is 0.855. The Balaban J connectivity index is 2.25. The Morgan fingerprint density at radius 1 is 1.42 bits per heavy atom. The van der Waals surface area contributed by atoms with Crippen LogP contribution in [0.1, 0.15) is 36.2 Å². The molecule has 1 heterocycles. The third-order valence-electron chi connectivity index (χ3n) is 3.77. The Morgan fingerprint density at radius 2 is 2.11 bits per heavy atom.